The molecule has 32 heavy (non-hydrogen) atoms. The molecule has 1 heterocycles. The van der Waals surface area contributed by atoms with Crippen molar-refractivity contribution in [3.63, 3.8) is 0 Å². The van der Waals surface area contributed by atoms with Crippen molar-refractivity contribution in [2.75, 3.05) is 18.5 Å². The number of aryl methyl sites for hydroxylation is 1. The number of pyridine rings is 1. The highest BCUT2D eigenvalue weighted by Crippen LogP contribution is 2.19. The zero-order chi connectivity index (χ0) is 23.8. The van der Waals surface area contributed by atoms with Crippen LogP contribution in [0.2, 0.25) is 0 Å². The number of esters is 2. The third kappa shape index (κ3) is 5.82. The Morgan fingerprint density at radius 1 is 1.03 bits per heavy atom. The molecule has 0 atom stereocenters. The maximum Gasteiger partial charge on any atom is 0.338 e. The van der Waals surface area contributed by atoms with E-state index in [-0.39, 0.29) is 54.3 Å². The van der Waals surface area contributed by atoms with Crippen molar-refractivity contribution in [2.45, 2.75) is 40.5 Å². The lowest BCUT2D eigenvalue weighted by Crippen LogP contribution is -2.19. The number of H-pyrrole nitrogens is 1. The number of hydrogen-bond acceptors (Lipinski definition) is 7. The second kappa shape index (κ2) is 10.9. The van der Waals surface area contributed by atoms with Crippen LogP contribution in [0.4, 0.5) is 5.69 Å². The molecule has 168 valence electrons. The number of nitriles is 1. The molecule has 0 unspecified atom stereocenters. The van der Waals surface area contributed by atoms with Gasteiger partial charge in [0.05, 0.1) is 24.3 Å². The van der Waals surface area contributed by atoms with Gasteiger partial charge in [0.25, 0.3) is 5.56 Å². The van der Waals surface area contributed by atoms with E-state index in [1.54, 1.807) is 27.7 Å². The zero-order valence-corrected chi connectivity index (χ0v) is 18.5. The molecule has 0 saturated carbocycles. The zero-order valence-electron chi connectivity index (χ0n) is 18.5. The number of aromatic amines is 1. The maximum atomic E-state index is 12.6. The molecule has 0 fully saturated rings. The fourth-order valence-corrected chi connectivity index (χ4v) is 3.25. The molecule has 2 rings (SSSR count). The summed E-state index contributed by atoms with van der Waals surface area (Å²) >= 11 is 0. The number of ether oxygens (including phenoxy) is 2. The van der Waals surface area contributed by atoms with Gasteiger partial charge in [-0.25, -0.2) is 9.59 Å². The number of hydrogen-bond donors (Lipinski definition) is 2. The van der Waals surface area contributed by atoms with Gasteiger partial charge in [-0.05, 0) is 63.4 Å². The highest BCUT2D eigenvalue weighted by molar-refractivity contribution is 5.99. The molecule has 9 nitrogen and oxygen atoms in total. The van der Waals surface area contributed by atoms with Gasteiger partial charge in [0, 0.05) is 17.8 Å². The van der Waals surface area contributed by atoms with E-state index in [0.29, 0.717) is 16.8 Å². The average molecular weight is 439 g/mol. The van der Waals surface area contributed by atoms with Gasteiger partial charge >= 0.3 is 11.9 Å². The van der Waals surface area contributed by atoms with Crippen molar-refractivity contribution in [3.05, 3.63) is 62.1 Å². The van der Waals surface area contributed by atoms with E-state index < -0.39 is 17.5 Å². The van der Waals surface area contributed by atoms with Crippen LogP contribution in [0.15, 0.2) is 23.0 Å². The van der Waals surface area contributed by atoms with Crippen LogP contribution < -0.4 is 10.9 Å². The Labute approximate surface area is 185 Å². The number of aromatic nitrogens is 1. The van der Waals surface area contributed by atoms with Gasteiger partial charge < -0.3 is 19.8 Å². The summed E-state index contributed by atoms with van der Waals surface area (Å²) in [5.41, 5.74) is 1.87. The second-order valence-corrected chi connectivity index (χ2v) is 6.96. The standard InChI is InChI=1S/C23H25N3O6/c1-5-31-22(29)15-9-16(23(30)32-6-2)11-17(10-15)26-20(27)8-7-18-13(3)19(12-24)21(28)25-14(18)4/h9-11H,5-8H2,1-4H3,(H,25,28)(H,26,27). The summed E-state index contributed by atoms with van der Waals surface area (Å²) in [5.74, 6) is -1.63. The first-order valence-electron chi connectivity index (χ1n) is 10.1. The highest BCUT2D eigenvalue weighted by atomic mass is 16.5. The molecular formula is C23H25N3O6. The quantitative estimate of drug-likeness (QED) is 0.603. The first kappa shape index (κ1) is 24.3. The van der Waals surface area contributed by atoms with E-state index in [1.165, 1.54) is 18.2 Å². The Hall–Kier alpha value is -3.93. The third-order valence-corrected chi connectivity index (χ3v) is 4.76. The fourth-order valence-electron chi connectivity index (χ4n) is 3.25. The molecule has 0 aliphatic heterocycles. The molecule has 2 N–H and O–H groups in total. The Kier molecular flexibility index (Phi) is 8.30. The normalized spacial score (nSPS) is 10.2. The summed E-state index contributed by atoms with van der Waals surface area (Å²) in [7, 11) is 0. The van der Waals surface area contributed by atoms with E-state index in [9.17, 15) is 24.4 Å². The molecule has 0 saturated heterocycles. The Bertz CT molecular complexity index is 1110. The Morgan fingerprint density at radius 2 is 1.59 bits per heavy atom. The fraction of sp³-hybridized carbons (Fsp3) is 0.348. The number of carbonyl (C=O) groups excluding carboxylic acids is 3. The van der Waals surface area contributed by atoms with Crippen LogP contribution in [0.25, 0.3) is 0 Å². The van der Waals surface area contributed by atoms with E-state index in [1.807, 2.05) is 6.07 Å². The van der Waals surface area contributed by atoms with Crippen LogP contribution in [0, 0.1) is 25.2 Å². The number of carbonyl (C=O) groups is 3. The van der Waals surface area contributed by atoms with Crippen LogP contribution in [-0.2, 0) is 20.7 Å². The minimum absolute atomic E-state index is 0.0206. The van der Waals surface area contributed by atoms with E-state index in [2.05, 4.69) is 10.3 Å². The number of benzene rings is 1. The predicted octanol–water partition coefficient (Wildman–Crippen LogP) is 2.79. The molecule has 0 bridgehead atoms. The molecule has 0 radical (unpaired) electrons. The largest absolute Gasteiger partial charge is 0.462 e. The second-order valence-electron chi connectivity index (χ2n) is 6.96. The number of rotatable bonds is 8. The average Bonchev–Trinajstić information content (AvgIpc) is 2.73. The van der Waals surface area contributed by atoms with Crippen LogP contribution in [0.1, 0.15) is 63.4 Å². The predicted molar refractivity (Wildman–Crippen MR) is 117 cm³/mol. The number of amides is 1. The summed E-state index contributed by atoms with van der Waals surface area (Å²) < 4.78 is 9.97. The van der Waals surface area contributed by atoms with Gasteiger partial charge in [-0.15, -0.1) is 0 Å². The molecule has 0 aliphatic rings. The molecule has 2 aromatic rings. The maximum absolute atomic E-state index is 12.6. The summed E-state index contributed by atoms with van der Waals surface area (Å²) in [6.45, 7) is 7.02. The SMILES string of the molecule is CCOC(=O)c1cc(NC(=O)CCc2c(C)[nH]c(=O)c(C#N)c2C)cc(C(=O)OCC)c1. The van der Waals surface area contributed by atoms with Crippen LogP contribution >= 0.6 is 0 Å². The Morgan fingerprint density at radius 3 is 2.09 bits per heavy atom. The molecule has 1 amide bonds. The van der Waals surface area contributed by atoms with E-state index in [4.69, 9.17) is 9.47 Å². The molecule has 1 aromatic heterocycles. The number of nitrogens with zero attached hydrogens (tertiary/aromatic N) is 1. The van der Waals surface area contributed by atoms with Crippen LogP contribution in [0.3, 0.4) is 0 Å². The number of anilines is 1. The minimum atomic E-state index is -0.627. The Balaban J connectivity index is 2.24. The van der Waals surface area contributed by atoms with Gasteiger partial charge in [0.15, 0.2) is 0 Å². The lowest BCUT2D eigenvalue weighted by atomic mass is 9.99. The van der Waals surface area contributed by atoms with Crippen molar-refractivity contribution < 1.29 is 23.9 Å². The summed E-state index contributed by atoms with van der Waals surface area (Å²) in [5, 5.41) is 11.9. The van der Waals surface area contributed by atoms with Gasteiger partial charge in [-0.2, -0.15) is 5.26 Å². The van der Waals surface area contributed by atoms with Crippen molar-refractivity contribution in [1.82, 2.24) is 4.98 Å². The van der Waals surface area contributed by atoms with E-state index in [0.717, 1.165) is 0 Å². The highest BCUT2D eigenvalue weighted by Gasteiger charge is 2.17. The first-order valence-corrected chi connectivity index (χ1v) is 10.1. The molecule has 9 heteroatoms. The van der Waals surface area contributed by atoms with Gasteiger partial charge in [0.1, 0.15) is 11.6 Å². The lowest BCUT2D eigenvalue weighted by molar-refractivity contribution is -0.116. The number of nitrogens with one attached hydrogen (secondary N) is 2. The van der Waals surface area contributed by atoms with Gasteiger partial charge in [0.2, 0.25) is 5.91 Å². The molecule has 0 aliphatic carbocycles. The molecule has 0 spiro atoms. The van der Waals surface area contributed by atoms with Crippen molar-refractivity contribution >= 4 is 23.5 Å². The topological polar surface area (TPSA) is 138 Å². The molecular weight excluding hydrogens is 414 g/mol. The molecule has 1 aromatic carbocycles. The van der Waals surface area contributed by atoms with Crippen molar-refractivity contribution in [2.24, 2.45) is 0 Å². The van der Waals surface area contributed by atoms with Crippen molar-refractivity contribution in [1.29, 1.82) is 5.26 Å². The lowest BCUT2D eigenvalue weighted by Gasteiger charge is -2.12. The third-order valence-electron chi connectivity index (χ3n) is 4.76. The van der Waals surface area contributed by atoms with Crippen LogP contribution in [0.5, 0.6) is 0 Å². The van der Waals surface area contributed by atoms with E-state index >= 15 is 0 Å². The van der Waals surface area contributed by atoms with Crippen LogP contribution in [-0.4, -0.2) is 36.0 Å². The smallest absolute Gasteiger partial charge is 0.338 e. The summed E-state index contributed by atoms with van der Waals surface area (Å²) in [6.07, 6.45) is 0.341. The summed E-state index contributed by atoms with van der Waals surface area (Å²) in [4.78, 5) is 51.3. The monoisotopic (exact) mass is 439 g/mol. The van der Waals surface area contributed by atoms with Crippen molar-refractivity contribution in [3.8, 4) is 6.07 Å². The minimum Gasteiger partial charge on any atom is -0.462 e. The van der Waals surface area contributed by atoms with Gasteiger partial charge in [-0.1, -0.05) is 0 Å². The summed E-state index contributed by atoms with van der Waals surface area (Å²) in [6, 6.07) is 6.07. The first-order chi connectivity index (χ1) is 15.2. The van der Waals surface area contributed by atoms with Gasteiger partial charge in [-0.3, -0.25) is 9.59 Å².